The number of hydrogen-bond acceptors (Lipinski definition) is 6. The van der Waals surface area contributed by atoms with Crippen molar-refractivity contribution in [3.8, 4) is 0 Å². The highest BCUT2D eigenvalue weighted by atomic mass is 35.5. The number of urea groups is 1. The maximum Gasteiger partial charge on any atom is 0.327 e. The van der Waals surface area contributed by atoms with Crippen LogP contribution in [0.25, 0.3) is 5.65 Å². The van der Waals surface area contributed by atoms with Crippen LogP contribution in [0.4, 0.5) is 22.0 Å². The molecular weight excluding hydrogens is 404 g/mol. The third-order valence-electron chi connectivity index (χ3n) is 5.67. The van der Waals surface area contributed by atoms with Crippen LogP contribution in [0.5, 0.6) is 0 Å². The summed E-state index contributed by atoms with van der Waals surface area (Å²) < 4.78 is 1.66. The molecule has 158 valence electrons. The van der Waals surface area contributed by atoms with Gasteiger partial charge in [-0.1, -0.05) is 0 Å². The monoisotopic (exact) mass is 428 g/mol. The predicted molar refractivity (Wildman–Crippen MR) is 119 cm³/mol. The van der Waals surface area contributed by atoms with E-state index in [0.29, 0.717) is 18.3 Å². The summed E-state index contributed by atoms with van der Waals surface area (Å²) in [7, 11) is 0. The molecule has 0 bridgehead atoms. The van der Waals surface area contributed by atoms with Crippen molar-refractivity contribution in [3.63, 3.8) is 0 Å². The number of nitrogens with zero attached hydrogens (tertiary/aromatic N) is 6. The van der Waals surface area contributed by atoms with E-state index in [-0.39, 0.29) is 18.4 Å². The lowest BCUT2D eigenvalue weighted by atomic mass is 10.1. The van der Waals surface area contributed by atoms with Crippen LogP contribution in [0.2, 0.25) is 0 Å². The molecule has 2 N–H and O–H groups in total. The van der Waals surface area contributed by atoms with Gasteiger partial charge in [0.25, 0.3) is 0 Å². The van der Waals surface area contributed by atoms with E-state index in [4.69, 9.17) is 0 Å². The van der Waals surface area contributed by atoms with Crippen LogP contribution in [0.15, 0.2) is 30.9 Å². The average molecular weight is 429 g/mol. The Labute approximate surface area is 180 Å². The predicted octanol–water partition coefficient (Wildman–Crippen LogP) is 2.25. The molecule has 5 heterocycles. The van der Waals surface area contributed by atoms with Crippen LogP contribution in [-0.4, -0.2) is 57.8 Å². The summed E-state index contributed by atoms with van der Waals surface area (Å²) >= 11 is 0. The first kappa shape index (κ1) is 20.4. The number of pyridine rings is 2. The molecule has 10 heteroatoms. The van der Waals surface area contributed by atoms with Crippen LogP contribution < -0.4 is 20.4 Å². The lowest BCUT2D eigenvalue weighted by Crippen LogP contribution is -2.49. The second kappa shape index (κ2) is 8.08. The molecular formula is C20H25ClN8O. The van der Waals surface area contributed by atoms with E-state index >= 15 is 0 Å². The number of aryl methyl sites for hydroxylation is 1. The van der Waals surface area contributed by atoms with Crippen LogP contribution >= 0.6 is 12.4 Å². The van der Waals surface area contributed by atoms with Gasteiger partial charge in [0.1, 0.15) is 12.1 Å². The number of aromatic nitrogens is 4. The number of rotatable bonds is 2. The zero-order chi connectivity index (χ0) is 20.0. The first-order chi connectivity index (χ1) is 14.1. The summed E-state index contributed by atoms with van der Waals surface area (Å²) in [6.45, 7) is 7.65. The molecule has 2 aliphatic rings. The molecule has 0 aliphatic carbocycles. The molecule has 3 aromatic heterocycles. The SMILES string of the molecule is Cc1cc2ncnn2cc1NC(=O)N1CCc2c(N3CCN[C@H](C)C3)ccnc21.Cl. The van der Waals surface area contributed by atoms with E-state index in [0.717, 1.165) is 48.6 Å². The Morgan fingerprint density at radius 1 is 1.30 bits per heavy atom. The Bertz CT molecular complexity index is 1080. The van der Waals surface area contributed by atoms with Gasteiger partial charge in [-0.15, -0.1) is 12.4 Å². The zero-order valence-electron chi connectivity index (χ0n) is 17.0. The molecule has 0 saturated carbocycles. The molecule has 3 aromatic rings. The Morgan fingerprint density at radius 3 is 3.00 bits per heavy atom. The molecule has 1 fully saturated rings. The number of nitrogens with one attached hydrogen (secondary N) is 2. The van der Waals surface area contributed by atoms with Gasteiger partial charge in [0.05, 0.1) is 11.9 Å². The lowest BCUT2D eigenvalue weighted by molar-refractivity contribution is 0.257. The smallest absolute Gasteiger partial charge is 0.327 e. The van der Waals surface area contributed by atoms with Gasteiger partial charge in [0, 0.05) is 49.7 Å². The van der Waals surface area contributed by atoms with E-state index < -0.39 is 0 Å². The molecule has 1 atom stereocenters. The second-order valence-electron chi connectivity index (χ2n) is 7.70. The van der Waals surface area contributed by atoms with Crippen molar-refractivity contribution in [1.29, 1.82) is 0 Å². The van der Waals surface area contributed by atoms with Crippen molar-refractivity contribution in [2.45, 2.75) is 26.3 Å². The molecule has 0 aromatic carbocycles. The summed E-state index contributed by atoms with van der Waals surface area (Å²) in [6, 6.07) is 4.25. The Morgan fingerprint density at radius 2 is 2.17 bits per heavy atom. The van der Waals surface area contributed by atoms with E-state index in [1.807, 2.05) is 13.0 Å². The molecule has 5 rings (SSSR count). The Kier molecular flexibility index (Phi) is 5.48. The summed E-state index contributed by atoms with van der Waals surface area (Å²) in [5, 5.41) is 10.6. The van der Waals surface area contributed by atoms with Crippen LogP contribution in [-0.2, 0) is 6.42 Å². The van der Waals surface area contributed by atoms with Gasteiger partial charge in [-0.05, 0) is 38.0 Å². The Hall–Kier alpha value is -2.91. The van der Waals surface area contributed by atoms with Gasteiger partial charge >= 0.3 is 6.03 Å². The van der Waals surface area contributed by atoms with E-state index in [1.165, 1.54) is 12.0 Å². The first-order valence-corrected chi connectivity index (χ1v) is 9.95. The third kappa shape index (κ3) is 3.54. The topological polar surface area (TPSA) is 90.7 Å². The number of piperazine rings is 1. The fourth-order valence-electron chi connectivity index (χ4n) is 4.19. The maximum atomic E-state index is 13.0. The van der Waals surface area contributed by atoms with Gasteiger partial charge in [-0.2, -0.15) is 5.10 Å². The summed E-state index contributed by atoms with van der Waals surface area (Å²) in [5.74, 6) is 0.755. The number of hydrogen-bond donors (Lipinski definition) is 2. The van der Waals surface area contributed by atoms with Gasteiger partial charge in [0.2, 0.25) is 0 Å². The summed E-state index contributed by atoms with van der Waals surface area (Å²) in [5.41, 5.74) is 4.76. The van der Waals surface area contributed by atoms with Crippen LogP contribution in [0.1, 0.15) is 18.1 Å². The minimum absolute atomic E-state index is 0. The number of anilines is 3. The molecule has 30 heavy (non-hydrogen) atoms. The summed E-state index contributed by atoms with van der Waals surface area (Å²) in [6.07, 6.45) is 5.91. The standard InChI is InChI=1S/C20H24N8O.ClH/c1-13-9-18-23-12-24-28(18)11-16(13)25-20(29)27-7-4-15-17(3-5-22-19(15)27)26-8-6-21-14(2)10-26;/h3,5,9,11-12,14,21H,4,6-8,10H2,1-2H3,(H,25,29);1H/t14-;/m1./s1. The van der Waals surface area contributed by atoms with Crippen molar-refractivity contribution in [3.05, 3.63) is 42.0 Å². The highest BCUT2D eigenvalue weighted by Gasteiger charge is 2.30. The maximum absolute atomic E-state index is 13.0. The molecule has 2 amide bonds. The highest BCUT2D eigenvalue weighted by molar-refractivity contribution is 6.03. The minimum Gasteiger partial charge on any atom is -0.368 e. The van der Waals surface area contributed by atoms with Crippen LogP contribution in [0.3, 0.4) is 0 Å². The summed E-state index contributed by atoms with van der Waals surface area (Å²) in [4.78, 5) is 25.9. The molecule has 0 unspecified atom stereocenters. The zero-order valence-corrected chi connectivity index (χ0v) is 17.8. The van der Waals surface area contributed by atoms with Crippen molar-refractivity contribution in [2.75, 3.05) is 41.3 Å². The van der Waals surface area contributed by atoms with Crippen molar-refractivity contribution in [2.24, 2.45) is 0 Å². The fourth-order valence-corrected chi connectivity index (χ4v) is 4.19. The number of fused-ring (bicyclic) bond motifs is 2. The molecule has 2 aliphatic heterocycles. The molecule has 1 saturated heterocycles. The van der Waals surface area contributed by atoms with Crippen molar-refractivity contribution >= 4 is 41.3 Å². The Balaban J connectivity index is 0.00000218. The lowest BCUT2D eigenvalue weighted by Gasteiger charge is -2.34. The minimum atomic E-state index is -0.176. The van der Waals surface area contributed by atoms with Crippen molar-refractivity contribution < 1.29 is 4.79 Å². The normalized spacial score (nSPS) is 18.3. The van der Waals surface area contributed by atoms with Crippen LogP contribution in [0, 0.1) is 6.92 Å². The number of amides is 2. The molecule has 9 nitrogen and oxygen atoms in total. The number of carbonyl (C=O) groups excluding carboxylic acids is 1. The quantitative estimate of drug-likeness (QED) is 0.650. The fraction of sp³-hybridized carbons (Fsp3) is 0.400. The van der Waals surface area contributed by atoms with E-state index in [9.17, 15) is 4.79 Å². The largest absolute Gasteiger partial charge is 0.368 e. The first-order valence-electron chi connectivity index (χ1n) is 9.95. The van der Waals surface area contributed by atoms with Gasteiger partial charge in [-0.3, -0.25) is 4.90 Å². The average Bonchev–Trinajstić information content (AvgIpc) is 3.34. The van der Waals surface area contributed by atoms with Gasteiger partial charge in [-0.25, -0.2) is 19.3 Å². The second-order valence-corrected chi connectivity index (χ2v) is 7.70. The van der Waals surface area contributed by atoms with E-state index in [2.05, 4.69) is 43.6 Å². The molecule has 0 radical (unpaired) electrons. The number of carbonyl (C=O) groups is 1. The third-order valence-corrected chi connectivity index (χ3v) is 5.67. The van der Waals surface area contributed by atoms with Gasteiger partial charge < -0.3 is 15.5 Å². The molecule has 0 spiro atoms. The van der Waals surface area contributed by atoms with Gasteiger partial charge in [0.15, 0.2) is 5.65 Å². The van der Waals surface area contributed by atoms with E-state index in [1.54, 1.807) is 21.8 Å². The van der Waals surface area contributed by atoms with Crippen molar-refractivity contribution in [1.82, 2.24) is 24.9 Å². The number of halogens is 1. The highest BCUT2D eigenvalue weighted by Crippen LogP contribution is 2.34.